The smallest absolute Gasteiger partial charge is 0.220 e. The number of nitrogens with zero attached hydrogens (tertiary/aromatic N) is 2. The van der Waals surface area contributed by atoms with E-state index in [9.17, 15) is 4.79 Å². The second-order valence-corrected chi connectivity index (χ2v) is 6.07. The van der Waals surface area contributed by atoms with E-state index in [2.05, 4.69) is 15.3 Å². The Balaban J connectivity index is 1.59. The Morgan fingerprint density at radius 1 is 1.04 bits per heavy atom. The third-order valence-corrected chi connectivity index (χ3v) is 4.20. The second-order valence-electron chi connectivity index (χ2n) is 6.07. The fraction of sp³-hybridized carbons (Fsp3) is 0.227. The summed E-state index contributed by atoms with van der Waals surface area (Å²) >= 11 is 0. The normalized spacial score (nSPS) is 10.4. The minimum atomic E-state index is 0.00212. The van der Waals surface area contributed by atoms with Gasteiger partial charge in [0.1, 0.15) is 5.75 Å². The molecule has 3 aromatic rings. The van der Waals surface area contributed by atoms with Gasteiger partial charge in [-0.3, -0.25) is 14.8 Å². The number of carbonyl (C=O) groups excluding carboxylic acids is 1. The number of benzene rings is 1. The number of ether oxygens (including phenoxy) is 1. The van der Waals surface area contributed by atoms with Crippen LogP contribution in [0.3, 0.4) is 0 Å². The number of para-hydroxylation sites is 1. The van der Waals surface area contributed by atoms with Crippen LogP contribution in [-0.4, -0.2) is 22.5 Å². The van der Waals surface area contributed by atoms with E-state index in [0.29, 0.717) is 26.0 Å². The molecule has 1 amide bonds. The van der Waals surface area contributed by atoms with E-state index in [1.807, 2.05) is 55.5 Å². The van der Waals surface area contributed by atoms with Crippen LogP contribution < -0.4 is 10.1 Å². The highest BCUT2D eigenvalue weighted by molar-refractivity contribution is 5.76. The summed E-state index contributed by atoms with van der Waals surface area (Å²) < 4.78 is 5.62. The molecule has 0 radical (unpaired) electrons. The first-order chi connectivity index (χ1) is 13.3. The molecule has 0 unspecified atom stereocenters. The van der Waals surface area contributed by atoms with Gasteiger partial charge in [-0.2, -0.15) is 0 Å². The summed E-state index contributed by atoms with van der Waals surface area (Å²) in [6.45, 7) is 3.00. The molecule has 0 aliphatic heterocycles. The van der Waals surface area contributed by atoms with E-state index >= 15 is 0 Å². The van der Waals surface area contributed by atoms with Crippen molar-refractivity contribution >= 4 is 5.91 Å². The molecule has 27 heavy (non-hydrogen) atoms. The van der Waals surface area contributed by atoms with Crippen LogP contribution in [0.1, 0.15) is 24.5 Å². The van der Waals surface area contributed by atoms with Gasteiger partial charge in [0, 0.05) is 37.1 Å². The minimum Gasteiger partial charge on any atom is -0.494 e. The highest BCUT2D eigenvalue weighted by Gasteiger charge is 2.09. The van der Waals surface area contributed by atoms with Gasteiger partial charge in [-0.25, -0.2) is 0 Å². The predicted molar refractivity (Wildman–Crippen MR) is 105 cm³/mol. The molecule has 0 saturated carbocycles. The van der Waals surface area contributed by atoms with Crippen LogP contribution in [0.15, 0.2) is 67.1 Å². The van der Waals surface area contributed by atoms with Crippen LogP contribution in [0, 0.1) is 0 Å². The van der Waals surface area contributed by atoms with Crippen LogP contribution in [0.5, 0.6) is 5.75 Å². The van der Waals surface area contributed by atoms with Crippen LogP contribution in [0.2, 0.25) is 0 Å². The standard InChI is InChI=1S/C22H23N3O2/c1-2-27-20-10-4-3-7-17(20)11-12-21(26)25-16-19-9-6-14-24-22(19)18-8-5-13-23-15-18/h3-10,13-15H,2,11-12,16H2,1H3,(H,25,26). The number of carbonyl (C=O) groups is 1. The second kappa shape index (κ2) is 9.48. The van der Waals surface area contributed by atoms with E-state index in [4.69, 9.17) is 4.74 Å². The third kappa shape index (κ3) is 5.14. The molecule has 0 fully saturated rings. The van der Waals surface area contributed by atoms with Crippen molar-refractivity contribution < 1.29 is 9.53 Å². The Kier molecular flexibility index (Phi) is 6.52. The van der Waals surface area contributed by atoms with Crippen LogP contribution in [-0.2, 0) is 17.8 Å². The first kappa shape index (κ1) is 18.6. The average Bonchev–Trinajstić information content (AvgIpc) is 2.73. The number of nitrogens with one attached hydrogen (secondary N) is 1. The van der Waals surface area contributed by atoms with Crippen LogP contribution in [0.4, 0.5) is 0 Å². The molecular formula is C22H23N3O2. The summed E-state index contributed by atoms with van der Waals surface area (Å²) in [6.07, 6.45) is 6.31. The fourth-order valence-corrected chi connectivity index (χ4v) is 2.88. The lowest BCUT2D eigenvalue weighted by molar-refractivity contribution is -0.121. The number of rotatable bonds is 8. The SMILES string of the molecule is CCOc1ccccc1CCC(=O)NCc1cccnc1-c1cccnc1. The van der Waals surface area contributed by atoms with Crippen molar-refractivity contribution in [3.63, 3.8) is 0 Å². The molecule has 5 heteroatoms. The van der Waals surface area contributed by atoms with Gasteiger partial charge >= 0.3 is 0 Å². The zero-order valence-electron chi connectivity index (χ0n) is 15.4. The minimum absolute atomic E-state index is 0.00212. The van der Waals surface area contributed by atoms with Gasteiger partial charge in [-0.05, 0) is 48.7 Å². The Morgan fingerprint density at radius 3 is 2.67 bits per heavy atom. The number of pyridine rings is 2. The van der Waals surface area contributed by atoms with Gasteiger partial charge in [-0.1, -0.05) is 24.3 Å². The topological polar surface area (TPSA) is 64.1 Å². The van der Waals surface area contributed by atoms with Crippen LogP contribution >= 0.6 is 0 Å². The van der Waals surface area contributed by atoms with Crippen molar-refractivity contribution in [2.45, 2.75) is 26.3 Å². The van der Waals surface area contributed by atoms with Gasteiger partial charge in [0.15, 0.2) is 0 Å². The van der Waals surface area contributed by atoms with E-state index in [0.717, 1.165) is 28.1 Å². The van der Waals surface area contributed by atoms with E-state index in [1.165, 1.54) is 0 Å². The van der Waals surface area contributed by atoms with Crippen molar-refractivity contribution in [1.82, 2.24) is 15.3 Å². The maximum absolute atomic E-state index is 12.3. The molecule has 0 bridgehead atoms. The number of amides is 1. The van der Waals surface area contributed by atoms with E-state index in [-0.39, 0.29) is 5.91 Å². The largest absolute Gasteiger partial charge is 0.494 e. The number of aryl methyl sites for hydroxylation is 1. The van der Waals surface area contributed by atoms with Gasteiger partial charge in [0.05, 0.1) is 12.3 Å². The summed E-state index contributed by atoms with van der Waals surface area (Å²) in [5.41, 5.74) is 3.79. The van der Waals surface area contributed by atoms with Gasteiger partial charge in [0.2, 0.25) is 5.91 Å². The molecule has 0 atom stereocenters. The molecule has 138 valence electrons. The molecule has 1 N–H and O–H groups in total. The van der Waals surface area contributed by atoms with Gasteiger partial charge < -0.3 is 10.1 Å². The average molecular weight is 361 g/mol. The van der Waals surface area contributed by atoms with Crippen LogP contribution in [0.25, 0.3) is 11.3 Å². The zero-order chi connectivity index (χ0) is 18.9. The number of hydrogen-bond acceptors (Lipinski definition) is 4. The predicted octanol–water partition coefficient (Wildman–Crippen LogP) is 3.79. The van der Waals surface area contributed by atoms with Crippen molar-refractivity contribution in [2.24, 2.45) is 0 Å². The highest BCUT2D eigenvalue weighted by atomic mass is 16.5. The lowest BCUT2D eigenvalue weighted by Gasteiger charge is -2.11. The number of aromatic nitrogens is 2. The summed E-state index contributed by atoms with van der Waals surface area (Å²) in [5.74, 6) is 0.848. The first-order valence-electron chi connectivity index (χ1n) is 9.09. The van der Waals surface area contributed by atoms with E-state index in [1.54, 1.807) is 18.6 Å². The van der Waals surface area contributed by atoms with Crippen molar-refractivity contribution in [2.75, 3.05) is 6.61 Å². The zero-order valence-corrected chi connectivity index (χ0v) is 15.4. The molecule has 0 aliphatic rings. The highest BCUT2D eigenvalue weighted by Crippen LogP contribution is 2.21. The lowest BCUT2D eigenvalue weighted by atomic mass is 10.1. The molecule has 0 spiro atoms. The molecule has 0 saturated heterocycles. The fourth-order valence-electron chi connectivity index (χ4n) is 2.88. The summed E-state index contributed by atoms with van der Waals surface area (Å²) in [7, 11) is 0. The van der Waals surface area contributed by atoms with Crippen molar-refractivity contribution in [1.29, 1.82) is 0 Å². The molecule has 5 nitrogen and oxygen atoms in total. The Labute approximate surface area is 159 Å². The molecular weight excluding hydrogens is 338 g/mol. The summed E-state index contributed by atoms with van der Waals surface area (Å²) in [4.78, 5) is 20.9. The Bertz CT molecular complexity index is 881. The molecule has 2 heterocycles. The summed E-state index contributed by atoms with van der Waals surface area (Å²) in [6, 6.07) is 15.5. The van der Waals surface area contributed by atoms with Crippen molar-refractivity contribution in [3.05, 3.63) is 78.2 Å². The molecule has 1 aromatic carbocycles. The first-order valence-corrected chi connectivity index (χ1v) is 9.09. The maximum atomic E-state index is 12.3. The summed E-state index contributed by atoms with van der Waals surface area (Å²) in [5, 5.41) is 2.99. The quantitative estimate of drug-likeness (QED) is 0.663. The number of hydrogen-bond donors (Lipinski definition) is 1. The van der Waals surface area contributed by atoms with Gasteiger partial charge in [0.25, 0.3) is 0 Å². The molecule has 0 aliphatic carbocycles. The third-order valence-electron chi connectivity index (χ3n) is 4.20. The molecule has 2 aromatic heterocycles. The monoisotopic (exact) mass is 361 g/mol. The molecule has 3 rings (SSSR count). The maximum Gasteiger partial charge on any atom is 0.220 e. The van der Waals surface area contributed by atoms with Gasteiger partial charge in [-0.15, -0.1) is 0 Å². The Hall–Kier alpha value is -3.21. The van der Waals surface area contributed by atoms with Crippen molar-refractivity contribution in [3.8, 4) is 17.0 Å². The Morgan fingerprint density at radius 2 is 1.85 bits per heavy atom. The lowest BCUT2D eigenvalue weighted by Crippen LogP contribution is -2.23. The van der Waals surface area contributed by atoms with E-state index < -0.39 is 0 Å².